The number of carbonyl (C=O) groups excluding carboxylic acids is 4. The molecule has 3 heterocycles. The first-order valence-electron chi connectivity index (χ1n) is 7.84. The Hall–Kier alpha value is -2.70. The second kappa shape index (κ2) is 8.79. The first-order valence-corrected chi connectivity index (χ1v) is 8.65. The number of hydrogen-bond acceptors (Lipinski definition) is 8. The zero-order chi connectivity index (χ0) is 20.1. The summed E-state index contributed by atoms with van der Waals surface area (Å²) in [4.78, 5) is 48.7. The molecule has 0 unspecified atom stereocenters. The van der Waals surface area contributed by atoms with Crippen LogP contribution >= 0.6 is 24.4 Å². The first-order chi connectivity index (χ1) is 12.7. The number of thiocarbonyl (C=S) groups is 2. The van der Waals surface area contributed by atoms with Crippen LogP contribution in [0.3, 0.4) is 0 Å². The smallest absolute Gasteiger partial charge is 0.264 e. The van der Waals surface area contributed by atoms with Crippen LogP contribution in [-0.2, 0) is 19.2 Å². The Morgan fingerprint density at radius 3 is 1.67 bits per heavy atom. The molecule has 10 nitrogen and oxygen atoms in total. The number of nitrogens with zero attached hydrogens (tertiary/aromatic N) is 2. The van der Waals surface area contributed by atoms with Crippen LogP contribution in [0.15, 0.2) is 23.9 Å². The van der Waals surface area contributed by atoms with Crippen molar-refractivity contribution in [2.45, 2.75) is 0 Å². The van der Waals surface area contributed by atoms with Crippen LogP contribution in [0.1, 0.15) is 0 Å². The van der Waals surface area contributed by atoms with Crippen LogP contribution < -0.4 is 21.3 Å². The van der Waals surface area contributed by atoms with Gasteiger partial charge in [0.05, 0.1) is 5.57 Å². The van der Waals surface area contributed by atoms with Crippen LogP contribution in [0.25, 0.3) is 0 Å². The summed E-state index contributed by atoms with van der Waals surface area (Å²) >= 11 is 9.23. The highest BCUT2D eigenvalue weighted by Crippen LogP contribution is 2.06. The largest absolute Gasteiger partial charge is 0.374 e. The highest BCUT2D eigenvalue weighted by molar-refractivity contribution is 7.80. The summed E-state index contributed by atoms with van der Waals surface area (Å²) in [5, 5.41) is 9.36. The van der Waals surface area contributed by atoms with Crippen LogP contribution in [-0.4, -0.2) is 76.9 Å². The van der Waals surface area contributed by atoms with E-state index in [1.807, 2.05) is 11.9 Å². The van der Waals surface area contributed by atoms with E-state index in [0.717, 1.165) is 26.2 Å². The molecule has 3 rings (SSSR count). The Bertz CT molecular complexity index is 726. The van der Waals surface area contributed by atoms with Crippen molar-refractivity contribution >= 4 is 58.3 Å². The average Bonchev–Trinajstić information content (AvgIpc) is 2.58. The summed E-state index contributed by atoms with van der Waals surface area (Å²) < 4.78 is 0. The Morgan fingerprint density at radius 1 is 0.815 bits per heavy atom. The van der Waals surface area contributed by atoms with Crippen molar-refractivity contribution in [3.8, 4) is 0 Å². The fraction of sp³-hybridized carbons (Fsp3) is 0.333. The van der Waals surface area contributed by atoms with Gasteiger partial charge in [-0.1, -0.05) is 6.58 Å². The molecule has 0 aliphatic carbocycles. The fourth-order valence-electron chi connectivity index (χ4n) is 2.22. The van der Waals surface area contributed by atoms with Crippen molar-refractivity contribution in [2.24, 2.45) is 0 Å². The summed E-state index contributed by atoms with van der Waals surface area (Å²) in [5.74, 6) is -1.93. The summed E-state index contributed by atoms with van der Waals surface area (Å²) in [5.41, 5.74) is -0.00301. The van der Waals surface area contributed by atoms with E-state index in [1.54, 1.807) is 6.20 Å². The molecule has 3 saturated heterocycles. The van der Waals surface area contributed by atoms with E-state index in [1.165, 1.54) is 0 Å². The lowest BCUT2D eigenvalue weighted by Crippen LogP contribution is -2.52. The molecule has 0 aromatic rings. The highest BCUT2D eigenvalue weighted by Gasteiger charge is 2.27. The van der Waals surface area contributed by atoms with E-state index in [9.17, 15) is 19.2 Å². The van der Waals surface area contributed by atoms with Crippen molar-refractivity contribution in [3.05, 3.63) is 23.9 Å². The van der Waals surface area contributed by atoms with Gasteiger partial charge in [0, 0.05) is 32.4 Å². The van der Waals surface area contributed by atoms with Gasteiger partial charge in [-0.15, -0.1) is 0 Å². The molecule has 144 valence electrons. The molecule has 27 heavy (non-hydrogen) atoms. The molecule has 0 aromatic carbocycles. The number of piperazine rings is 1. The summed E-state index contributed by atoms with van der Waals surface area (Å²) in [6, 6.07) is 0. The molecule has 0 radical (unpaired) electrons. The number of likely N-dealkylation sites (N-methyl/N-ethyl adjacent to an activating group) is 1. The number of rotatable bonds is 1. The second-order valence-electron chi connectivity index (χ2n) is 5.84. The number of hydrogen-bond donors (Lipinski definition) is 4. The van der Waals surface area contributed by atoms with E-state index in [0.29, 0.717) is 0 Å². The minimum absolute atomic E-state index is 0.0300. The molecule has 4 amide bonds. The maximum absolute atomic E-state index is 11.6. The van der Waals surface area contributed by atoms with Gasteiger partial charge in [0.2, 0.25) is 0 Å². The van der Waals surface area contributed by atoms with Crippen LogP contribution in [0, 0.1) is 0 Å². The quantitative estimate of drug-likeness (QED) is 0.217. The predicted molar refractivity (Wildman–Crippen MR) is 104 cm³/mol. The van der Waals surface area contributed by atoms with Crippen molar-refractivity contribution in [1.82, 2.24) is 31.1 Å². The zero-order valence-electron chi connectivity index (χ0n) is 14.5. The molecule has 3 aliphatic heterocycles. The minimum atomic E-state index is -0.534. The maximum atomic E-state index is 11.6. The monoisotopic (exact) mass is 410 g/mol. The third-order valence-electron chi connectivity index (χ3n) is 3.80. The second-order valence-corrected chi connectivity index (χ2v) is 6.65. The molecule has 4 N–H and O–H groups in total. The molecule has 0 saturated carbocycles. The fourth-order valence-corrected chi connectivity index (χ4v) is 2.59. The van der Waals surface area contributed by atoms with E-state index in [4.69, 9.17) is 12.2 Å². The zero-order valence-corrected chi connectivity index (χ0v) is 16.1. The van der Waals surface area contributed by atoms with E-state index >= 15 is 0 Å². The lowest BCUT2D eigenvalue weighted by molar-refractivity contribution is -0.125. The topological polar surface area (TPSA) is 123 Å². The Balaban J connectivity index is 0.000000223. The Kier molecular flexibility index (Phi) is 6.71. The Morgan fingerprint density at radius 2 is 1.22 bits per heavy atom. The van der Waals surface area contributed by atoms with Crippen molar-refractivity contribution in [3.63, 3.8) is 0 Å². The van der Waals surface area contributed by atoms with Crippen molar-refractivity contribution in [1.29, 1.82) is 0 Å². The molecule has 0 spiro atoms. The molecule has 12 heteroatoms. The third kappa shape index (κ3) is 5.64. The third-order valence-corrected chi connectivity index (χ3v) is 4.20. The van der Waals surface area contributed by atoms with E-state index in [2.05, 4.69) is 45.0 Å². The lowest BCUT2D eigenvalue weighted by atomic mass is 10.2. The van der Waals surface area contributed by atoms with E-state index < -0.39 is 23.6 Å². The molecule has 3 aliphatic rings. The molecule has 0 bridgehead atoms. The van der Waals surface area contributed by atoms with Gasteiger partial charge in [-0.3, -0.25) is 40.4 Å². The molecule has 3 fully saturated rings. The SMILES string of the molecule is C=C1C(=O)NC(=S)NC1=O.CN1CCN(C=C2C(=O)NC(=S)NC2=O)CC1. The van der Waals surface area contributed by atoms with Gasteiger partial charge >= 0.3 is 0 Å². The molecular weight excluding hydrogens is 392 g/mol. The lowest BCUT2D eigenvalue weighted by Gasteiger charge is -2.32. The number of nitrogens with one attached hydrogen (secondary N) is 4. The van der Waals surface area contributed by atoms with E-state index in [-0.39, 0.29) is 21.4 Å². The van der Waals surface area contributed by atoms with Gasteiger partial charge in [0.1, 0.15) is 5.57 Å². The molecular formula is C15H18N6O4S2. The molecule has 0 atom stereocenters. The minimum Gasteiger partial charge on any atom is -0.374 e. The van der Waals surface area contributed by atoms with Gasteiger partial charge in [-0.2, -0.15) is 0 Å². The summed E-state index contributed by atoms with van der Waals surface area (Å²) in [7, 11) is 2.04. The summed E-state index contributed by atoms with van der Waals surface area (Å²) in [6.45, 7) is 6.69. The van der Waals surface area contributed by atoms with Crippen LogP contribution in [0.2, 0.25) is 0 Å². The van der Waals surface area contributed by atoms with Crippen LogP contribution in [0.5, 0.6) is 0 Å². The summed E-state index contributed by atoms with van der Waals surface area (Å²) in [6.07, 6.45) is 1.61. The van der Waals surface area contributed by atoms with Crippen molar-refractivity contribution < 1.29 is 19.2 Å². The standard InChI is InChI=1S/C10H14N4O2S.C5H4N2O2S/c1-13-2-4-14(5-3-13)6-7-8(15)11-10(17)12-9(7)16;1-2-3(8)6-5(10)7-4(2)9/h6H,2-5H2,1H3,(H2,11,12,15,16,17);1H2,(H2,6,7,8,9,10). The maximum Gasteiger partial charge on any atom is 0.264 e. The number of amides is 4. The highest BCUT2D eigenvalue weighted by atomic mass is 32.1. The predicted octanol–water partition coefficient (Wildman–Crippen LogP) is -2.28. The van der Waals surface area contributed by atoms with Gasteiger partial charge in [0.15, 0.2) is 10.2 Å². The van der Waals surface area contributed by atoms with Crippen LogP contribution in [0.4, 0.5) is 0 Å². The normalized spacial score (nSPS) is 20.9. The molecule has 0 aromatic heterocycles. The Labute approximate surface area is 166 Å². The van der Waals surface area contributed by atoms with Gasteiger partial charge < -0.3 is 9.80 Å². The van der Waals surface area contributed by atoms with Gasteiger partial charge in [-0.25, -0.2) is 0 Å². The first kappa shape index (κ1) is 20.6. The van der Waals surface area contributed by atoms with Gasteiger partial charge in [-0.05, 0) is 31.5 Å². The number of carbonyl (C=O) groups is 4. The van der Waals surface area contributed by atoms with Crippen molar-refractivity contribution in [2.75, 3.05) is 33.2 Å². The average molecular weight is 410 g/mol. The van der Waals surface area contributed by atoms with Gasteiger partial charge in [0.25, 0.3) is 23.6 Å².